The Morgan fingerprint density at radius 2 is 0.327 bits per heavy atom. The molecule has 0 aliphatic rings. The fourth-order valence-corrected chi connectivity index (χ4v) is 1.55. The van der Waals surface area contributed by atoms with Gasteiger partial charge in [-0.1, -0.05) is 83.1 Å². The molecule has 52 heavy (non-hydrogen) atoms. The molecule has 0 aromatic carbocycles. The van der Waals surface area contributed by atoms with Gasteiger partial charge >= 0.3 is 17.1 Å². The van der Waals surface area contributed by atoms with Crippen molar-refractivity contribution >= 4 is 0 Å². The van der Waals surface area contributed by atoms with Crippen molar-refractivity contribution in [2.45, 2.75) is 122 Å². The van der Waals surface area contributed by atoms with Crippen molar-refractivity contribution in [2.75, 3.05) is 39.6 Å². The molecule has 0 saturated carbocycles. The zero-order valence-corrected chi connectivity index (χ0v) is 36.4. The Balaban J connectivity index is -0.0000000476. The molecule has 0 saturated heterocycles. The molecule has 0 heterocycles. The molecule has 0 rings (SSSR count). The summed E-state index contributed by atoms with van der Waals surface area (Å²) in [7, 11) is -14.8. The third-order valence-corrected chi connectivity index (χ3v) is 4.24. The van der Waals surface area contributed by atoms with Gasteiger partial charge in [-0.2, -0.15) is 0 Å². The minimum Gasteiger partial charge on any atom is -0.396 e. The number of aliphatic hydroxyl groups is 6. The first kappa shape index (κ1) is 77.2. The van der Waals surface area contributed by atoms with E-state index in [1.807, 2.05) is 0 Å². The average Bonchev–Trinajstić information content (AvgIpc) is 2.82. The van der Waals surface area contributed by atoms with Crippen LogP contribution in [0.15, 0.2) is 0 Å². The minimum atomic E-state index is -4.94. The van der Waals surface area contributed by atoms with Crippen LogP contribution in [0.25, 0.3) is 0 Å². The molecule has 0 unspecified atom stereocenters. The van der Waals surface area contributed by atoms with Gasteiger partial charge in [-0.3, -0.25) is 0 Å². The van der Waals surface area contributed by atoms with E-state index in [2.05, 4.69) is 83.1 Å². The molecule has 0 aromatic heterocycles. The summed E-state index contributed by atoms with van der Waals surface area (Å²) in [5.41, 5.74) is 0. The van der Waals surface area contributed by atoms with E-state index in [1.165, 1.54) is 0 Å². The number of hydrogen-bond acceptors (Lipinski definition) is 18. The van der Waals surface area contributed by atoms with Gasteiger partial charge < -0.3 is 30.6 Å². The third-order valence-electron chi connectivity index (χ3n) is 4.24. The fraction of sp³-hybridized carbons (Fsp3) is 1.00. The van der Waals surface area contributed by atoms with E-state index >= 15 is 0 Å². The monoisotopic (exact) mass is 881 g/mol. The second-order valence-electron chi connectivity index (χ2n) is 12.6. The van der Waals surface area contributed by atoms with Crippen LogP contribution in [-0.4, -0.2) is 70.3 Å². The zero-order valence-electron chi connectivity index (χ0n) is 33.0. The molecule has 0 fully saturated rings. The molecule has 0 bridgehead atoms. The molecular formula is C30H72Cl3FeO18. The van der Waals surface area contributed by atoms with Gasteiger partial charge in [-0.25, -0.2) is 55.9 Å². The van der Waals surface area contributed by atoms with Gasteiger partial charge in [-0.15, -0.1) is 30.7 Å². The van der Waals surface area contributed by atoms with E-state index < -0.39 is 30.7 Å². The molecule has 329 valence electrons. The normalized spacial score (nSPS) is 10.4. The predicted octanol–water partition coefficient (Wildman–Crippen LogP) is -8.12. The van der Waals surface area contributed by atoms with Crippen LogP contribution in [0.4, 0.5) is 0 Å². The molecule has 0 spiro atoms. The van der Waals surface area contributed by atoms with Crippen molar-refractivity contribution in [3.63, 3.8) is 0 Å². The first-order valence-electron chi connectivity index (χ1n) is 16.1. The van der Waals surface area contributed by atoms with Gasteiger partial charge in [0, 0.05) is 39.6 Å². The molecule has 22 heteroatoms. The predicted molar refractivity (Wildman–Crippen MR) is 159 cm³/mol. The Morgan fingerprint density at radius 1 is 0.269 bits per heavy atom. The van der Waals surface area contributed by atoms with Crippen LogP contribution in [0.2, 0.25) is 0 Å². The van der Waals surface area contributed by atoms with Crippen molar-refractivity contribution in [1.29, 1.82) is 0 Å². The maximum atomic E-state index is 8.49. The topological polar surface area (TPSA) is 398 Å². The standard InChI is InChI=1S/6C5H12O.3ClHO4.Fe/c6*1-5(2)3-4-6;3*2-1(3,4)5;/h6*5-6H,3-4H2,1-2H3;3*(H,2,3,4,5);/q;;;;;;;;;+3/p-3. The van der Waals surface area contributed by atoms with Crippen molar-refractivity contribution in [2.24, 2.45) is 35.5 Å². The van der Waals surface area contributed by atoms with Crippen LogP contribution in [0.3, 0.4) is 0 Å². The number of hydrogen-bond donors (Lipinski definition) is 6. The van der Waals surface area contributed by atoms with E-state index in [-0.39, 0.29) is 17.1 Å². The molecule has 6 N–H and O–H groups in total. The Kier molecular flexibility index (Phi) is 83.2. The molecule has 0 aromatic rings. The summed E-state index contributed by atoms with van der Waals surface area (Å²) in [4.78, 5) is 0. The Morgan fingerprint density at radius 3 is 0.327 bits per heavy atom. The third kappa shape index (κ3) is 359. The number of halogens is 3. The first-order chi connectivity index (χ1) is 22.6. The minimum absolute atomic E-state index is 0. The Labute approximate surface area is 330 Å². The summed E-state index contributed by atoms with van der Waals surface area (Å²) in [5.74, 6) is 3.89. The van der Waals surface area contributed by atoms with E-state index in [4.69, 9.17) is 86.5 Å². The van der Waals surface area contributed by atoms with Crippen LogP contribution < -0.4 is 55.9 Å². The van der Waals surface area contributed by atoms with Gasteiger partial charge in [-0.05, 0) is 74.0 Å². The summed E-state index contributed by atoms with van der Waals surface area (Å²) in [6, 6.07) is 0. The van der Waals surface area contributed by atoms with Gasteiger partial charge in [0.25, 0.3) is 0 Å². The van der Waals surface area contributed by atoms with Crippen LogP contribution in [0.1, 0.15) is 122 Å². The van der Waals surface area contributed by atoms with Crippen molar-refractivity contribution in [1.82, 2.24) is 0 Å². The quantitative estimate of drug-likeness (QED) is 0.0991. The van der Waals surface area contributed by atoms with Crippen LogP contribution in [-0.2, 0) is 17.1 Å². The van der Waals surface area contributed by atoms with Crippen molar-refractivity contribution in [3.05, 3.63) is 0 Å². The second kappa shape index (κ2) is 56.0. The maximum absolute atomic E-state index is 8.49. The van der Waals surface area contributed by atoms with Crippen LogP contribution in [0, 0.1) is 66.2 Å². The van der Waals surface area contributed by atoms with Crippen LogP contribution in [0.5, 0.6) is 0 Å². The fourth-order valence-electron chi connectivity index (χ4n) is 1.55. The molecule has 0 aliphatic carbocycles. The Hall–Kier alpha value is 0.669. The van der Waals surface area contributed by atoms with Crippen molar-refractivity contribution < 1.29 is 134 Å². The van der Waals surface area contributed by atoms with Crippen molar-refractivity contribution in [3.8, 4) is 0 Å². The summed E-state index contributed by atoms with van der Waals surface area (Å²) in [5, 5.41) is 49.4. The first-order valence-corrected chi connectivity index (χ1v) is 19.8. The average molecular weight is 883 g/mol. The summed E-state index contributed by atoms with van der Waals surface area (Å²) < 4.78 is 102. The number of aliphatic hydroxyl groups excluding tert-OH is 6. The maximum Gasteiger partial charge on any atom is 3.00 e. The summed E-state index contributed by atoms with van der Waals surface area (Å²) >= 11 is 0. The number of rotatable bonds is 12. The van der Waals surface area contributed by atoms with E-state index in [0.29, 0.717) is 75.1 Å². The van der Waals surface area contributed by atoms with Gasteiger partial charge in [0.15, 0.2) is 0 Å². The SMILES string of the molecule is CC(C)CCO.CC(C)CCO.CC(C)CCO.CC(C)CCO.CC(C)CCO.CC(C)CCO.[Fe+3].[O-][Cl+3]([O-])([O-])[O-].[O-][Cl+3]([O-])([O-])[O-].[O-][Cl+3]([O-])([O-])[O-]. The molecule has 0 aliphatic heterocycles. The molecule has 0 atom stereocenters. The van der Waals surface area contributed by atoms with E-state index in [9.17, 15) is 0 Å². The van der Waals surface area contributed by atoms with Crippen LogP contribution >= 0.6 is 0 Å². The summed E-state index contributed by atoms with van der Waals surface area (Å²) in [6.07, 6.45) is 5.58. The van der Waals surface area contributed by atoms with Gasteiger partial charge in [0.2, 0.25) is 0 Å². The Bertz CT molecular complexity index is 441. The second-order valence-corrected chi connectivity index (χ2v) is 14.8. The smallest absolute Gasteiger partial charge is 0.396 e. The van der Waals surface area contributed by atoms with Gasteiger partial charge in [0.1, 0.15) is 0 Å². The zero-order chi connectivity index (χ0) is 43.4. The summed E-state index contributed by atoms with van der Waals surface area (Å²) in [6.45, 7) is 27.1. The van der Waals surface area contributed by atoms with E-state index in [0.717, 1.165) is 38.5 Å². The molecule has 18 nitrogen and oxygen atoms in total. The largest absolute Gasteiger partial charge is 3.00 e. The van der Waals surface area contributed by atoms with Gasteiger partial charge in [0.05, 0.1) is 0 Å². The molecule has 1 radical (unpaired) electrons. The van der Waals surface area contributed by atoms with E-state index in [1.54, 1.807) is 0 Å². The molecule has 0 amide bonds. The molecular weight excluding hydrogens is 811 g/mol.